The predicted molar refractivity (Wildman–Crippen MR) is 119 cm³/mol. The minimum absolute atomic E-state index is 0.0541. The first kappa shape index (κ1) is 23.0. The first-order valence-corrected chi connectivity index (χ1v) is 11.0. The van der Waals surface area contributed by atoms with Crippen LogP contribution in [0.15, 0.2) is 40.8 Å². The molecule has 0 spiro atoms. The van der Waals surface area contributed by atoms with Crippen molar-refractivity contribution in [2.45, 2.75) is 32.2 Å². The zero-order chi connectivity index (χ0) is 24.6. The number of carbonyl (C=O) groups is 1. The van der Waals surface area contributed by atoms with Crippen LogP contribution < -0.4 is 10.1 Å². The van der Waals surface area contributed by atoms with Gasteiger partial charge in [-0.05, 0) is 50.1 Å². The molecule has 1 N–H and O–H groups in total. The van der Waals surface area contributed by atoms with Crippen molar-refractivity contribution in [2.24, 2.45) is 0 Å². The SMILES string of the molecule is CCOC(=O)c1ccc2c(c1)nc(Nc1nc3ccc(OC(F)(F)F)cc3o1)n2C1CCOCC1. The first-order valence-electron chi connectivity index (χ1n) is 11.0. The minimum Gasteiger partial charge on any atom is -0.462 e. The van der Waals surface area contributed by atoms with E-state index in [2.05, 4.69) is 20.0 Å². The van der Waals surface area contributed by atoms with Gasteiger partial charge in [-0.1, -0.05) is 0 Å². The van der Waals surface area contributed by atoms with Gasteiger partial charge in [-0.25, -0.2) is 9.78 Å². The van der Waals surface area contributed by atoms with Gasteiger partial charge in [0, 0.05) is 25.3 Å². The molecule has 1 aliphatic heterocycles. The normalized spacial score (nSPS) is 15.0. The van der Waals surface area contributed by atoms with Crippen molar-refractivity contribution in [3.63, 3.8) is 0 Å². The lowest BCUT2D eigenvalue weighted by Crippen LogP contribution is -2.20. The lowest BCUT2D eigenvalue weighted by atomic mass is 10.1. The third-order valence-corrected chi connectivity index (χ3v) is 5.57. The van der Waals surface area contributed by atoms with Crippen LogP contribution in [0.2, 0.25) is 0 Å². The summed E-state index contributed by atoms with van der Waals surface area (Å²) in [6.07, 6.45) is -3.30. The molecule has 12 heteroatoms. The number of hydrogen-bond donors (Lipinski definition) is 1. The van der Waals surface area contributed by atoms with Crippen LogP contribution in [-0.2, 0) is 9.47 Å². The number of nitrogens with zero attached hydrogens (tertiary/aromatic N) is 3. The van der Waals surface area contributed by atoms with Gasteiger partial charge in [-0.3, -0.25) is 5.32 Å². The van der Waals surface area contributed by atoms with Gasteiger partial charge in [-0.15, -0.1) is 13.2 Å². The van der Waals surface area contributed by atoms with Crippen molar-refractivity contribution in [3.8, 4) is 5.75 Å². The Labute approximate surface area is 196 Å². The number of esters is 1. The van der Waals surface area contributed by atoms with Crippen LogP contribution in [0.1, 0.15) is 36.2 Å². The zero-order valence-electron chi connectivity index (χ0n) is 18.6. The van der Waals surface area contributed by atoms with Crippen molar-refractivity contribution in [1.29, 1.82) is 0 Å². The molecular formula is C23H21F3N4O5. The summed E-state index contributed by atoms with van der Waals surface area (Å²) in [4.78, 5) is 21.1. The van der Waals surface area contributed by atoms with E-state index in [4.69, 9.17) is 13.9 Å². The third-order valence-electron chi connectivity index (χ3n) is 5.57. The summed E-state index contributed by atoms with van der Waals surface area (Å²) in [6.45, 7) is 3.18. The fourth-order valence-electron chi connectivity index (χ4n) is 4.09. The third kappa shape index (κ3) is 4.87. The largest absolute Gasteiger partial charge is 0.573 e. The van der Waals surface area contributed by atoms with Crippen molar-refractivity contribution < 1.29 is 36.6 Å². The Balaban J connectivity index is 1.51. The number of oxazole rings is 1. The van der Waals surface area contributed by atoms with E-state index >= 15 is 0 Å². The Morgan fingerprint density at radius 2 is 1.94 bits per heavy atom. The quantitative estimate of drug-likeness (QED) is 0.361. The van der Waals surface area contributed by atoms with Crippen LogP contribution in [0.4, 0.5) is 25.1 Å². The first-order chi connectivity index (χ1) is 16.8. The number of imidazole rings is 1. The van der Waals surface area contributed by atoms with E-state index in [0.717, 1.165) is 30.5 Å². The number of benzene rings is 2. The predicted octanol–water partition coefficient (Wildman–Crippen LogP) is 5.35. The number of rotatable bonds is 6. The maximum Gasteiger partial charge on any atom is 0.573 e. The fraction of sp³-hybridized carbons (Fsp3) is 0.348. The average molecular weight is 490 g/mol. The highest BCUT2D eigenvalue weighted by atomic mass is 19.4. The van der Waals surface area contributed by atoms with E-state index in [1.165, 1.54) is 6.07 Å². The molecule has 0 unspecified atom stereocenters. The maximum atomic E-state index is 12.5. The van der Waals surface area contributed by atoms with E-state index in [1.54, 1.807) is 19.1 Å². The monoisotopic (exact) mass is 490 g/mol. The van der Waals surface area contributed by atoms with E-state index in [1.807, 2.05) is 10.6 Å². The molecule has 2 aromatic carbocycles. The Kier molecular flexibility index (Phi) is 5.97. The van der Waals surface area contributed by atoms with Crippen molar-refractivity contribution in [3.05, 3.63) is 42.0 Å². The second-order valence-electron chi connectivity index (χ2n) is 7.89. The van der Waals surface area contributed by atoms with Crippen LogP contribution >= 0.6 is 0 Å². The highest BCUT2D eigenvalue weighted by Gasteiger charge is 2.31. The number of anilines is 2. The van der Waals surface area contributed by atoms with Gasteiger partial charge in [0.15, 0.2) is 5.58 Å². The number of fused-ring (bicyclic) bond motifs is 2. The molecule has 2 aromatic heterocycles. The molecule has 1 aliphatic rings. The Bertz CT molecular complexity index is 1370. The van der Waals surface area contributed by atoms with E-state index in [9.17, 15) is 18.0 Å². The molecule has 3 heterocycles. The van der Waals surface area contributed by atoms with Crippen LogP contribution in [0.5, 0.6) is 5.75 Å². The maximum absolute atomic E-state index is 12.5. The number of aromatic nitrogens is 3. The number of ether oxygens (including phenoxy) is 3. The summed E-state index contributed by atoms with van der Waals surface area (Å²) in [6, 6.07) is 8.92. The Hall–Kier alpha value is -3.80. The zero-order valence-corrected chi connectivity index (χ0v) is 18.6. The molecule has 1 fully saturated rings. The fourth-order valence-corrected chi connectivity index (χ4v) is 4.09. The highest BCUT2D eigenvalue weighted by molar-refractivity contribution is 5.94. The molecule has 1 saturated heterocycles. The summed E-state index contributed by atoms with van der Waals surface area (Å²) in [5, 5.41) is 3.04. The van der Waals surface area contributed by atoms with Crippen LogP contribution in [-0.4, -0.2) is 46.7 Å². The molecule has 0 amide bonds. The Morgan fingerprint density at radius 3 is 2.69 bits per heavy atom. The van der Waals surface area contributed by atoms with Crippen LogP contribution in [0.3, 0.4) is 0 Å². The van der Waals surface area contributed by atoms with E-state index in [-0.39, 0.29) is 24.2 Å². The van der Waals surface area contributed by atoms with Crippen molar-refractivity contribution in [2.75, 3.05) is 25.1 Å². The molecule has 0 bridgehead atoms. The molecule has 9 nitrogen and oxygen atoms in total. The average Bonchev–Trinajstić information content (AvgIpc) is 3.38. The summed E-state index contributed by atoms with van der Waals surface area (Å²) in [5.41, 5.74) is 2.21. The second kappa shape index (κ2) is 9.10. The minimum atomic E-state index is -4.81. The lowest BCUT2D eigenvalue weighted by Gasteiger charge is -2.25. The van der Waals surface area contributed by atoms with E-state index in [0.29, 0.717) is 35.8 Å². The van der Waals surface area contributed by atoms with Crippen molar-refractivity contribution >= 4 is 40.1 Å². The smallest absolute Gasteiger partial charge is 0.462 e. The molecule has 5 rings (SSSR count). The molecule has 0 atom stereocenters. The molecule has 0 radical (unpaired) electrons. The van der Waals surface area contributed by atoms with Gasteiger partial charge in [-0.2, -0.15) is 4.98 Å². The van der Waals surface area contributed by atoms with Gasteiger partial charge in [0.1, 0.15) is 11.3 Å². The molecular weight excluding hydrogens is 469 g/mol. The van der Waals surface area contributed by atoms with Crippen LogP contribution in [0, 0.1) is 0 Å². The van der Waals surface area contributed by atoms with Crippen LogP contribution in [0.25, 0.3) is 22.1 Å². The van der Waals surface area contributed by atoms with Gasteiger partial charge in [0.25, 0.3) is 0 Å². The Morgan fingerprint density at radius 1 is 1.14 bits per heavy atom. The number of carbonyl (C=O) groups excluding carboxylic acids is 1. The number of alkyl halides is 3. The summed E-state index contributed by atoms with van der Waals surface area (Å²) in [5.74, 6) is -0.430. The molecule has 0 aliphatic carbocycles. The summed E-state index contributed by atoms with van der Waals surface area (Å²) >= 11 is 0. The second-order valence-corrected chi connectivity index (χ2v) is 7.89. The number of hydrogen-bond acceptors (Lipinski definition) is 8. The van der Waals surface area contributed by atoms with Gasteiger partial charge >= 0.3 is 18.3 Å². The van der Waals surface area contributed by atoms with Gasteiger partial charge < -0.3 is 23.2 Å². The molecule has 35 heavy (non-hydrogen) atoms. The van der Waals surface area contributed by atoms with E-state index < -0.39 is 18.1 Å². The topological polar surface area (TPSA) is 101 Å². The number of nitrogens with one attached hydrogen (secondary N) is 1. The summed E-state index contributed by atoms with van der Waals surface area (Å²) < 4.78 is 59.8. The van der Waals surface area contributed by atoms with Gasteiger partial charge in [0.2, 0.25) is 5.95 Å². The van der Waals surface area contributed by atoms with Gasteiger partial charge in [0.05, 0.1) is 23.2 Å². The molecule has 4 aromatic rings. The highest BCUT2D eigenvalue weighted by Crippen LogP contribution is 2.34. The van der Waals surface area contributed by atoms with Crippen molar-refractivity contribution in [1.82, 2.24) is 14.5 Å². The standard InChI is InChI=1S/C23H21F3N4O5/c1-2-33-20(31)13-3-6-18-17(11-13)27-21(30(18)14-7-9-32-10-8-14)29-22-28-16-5-4-15(12-19(16)34-22)35-23(24,25)26/h3-6,11-12,14H,2,7-10H2,1H3,(H,27,28,29). The molecule has 184 valence electrons. The number of halogens is 3. The molecule has 0 saturated carbocycles. The summed E-state index contributed by atoms with van der Waals surface area (Å²) in [7, 11) is 0. The lowest BCUT2D eigenvalue weighted by molar-refractivity contribution is -0.274.